The maximum Gasteiger partial charge on any atom is 0.248 e. The minimum absolute atomic E-state index is 0.413. The second kappa shape index (κ2) is 7.33. The van der Waals surface area contributed by atoms with Crippen LogP contribution in [0, 0.1) is 18.3 Å². The molecule has 2 N–H and O–H groups in total. The molecule has 4 aromatic rings. The smallest absolute Gasteiger partial charge is 0.248 e. The van der Waals surface area contributed by atoms with Crippen LogP contribution in [0.5, 0.6) is 0 Å². The van der Waals surface area contributed by atoms with Crippen LogP contribution in [0.15, 0.2) is 54.6 Å². The number of hydrogen-bond donors (Lipinski definition) is 1. The number of aryl methyl sites for hydroxylation is 1. The standard InChI is InChI=1S/C24H22N6O/c1-16-14-22(30-21-5-3-2-4-20(21)27-24(30)19(16)15-25)29-12-10-28(11-13-29)18-8-6-17(7-9-18)23(26)31/h2-9,14H,10-13H2,1H3,(H2,26,31). The molecule has 5 rings (SSSR count). The quantitative estimate of drug-likeness (QED) is 0.560. The first-order chi connectivity index (χ1) is 15.1. The molecule has 0 unspecified atom stereocenters. The number of anilines is 2. The average Bonchev–Trinajstić information content (AvgIpc) is 3.18. The van der Waals surface area contributed by atoms with Gasteiger partial charge in [0, 0.05) is 37.4 Å². The number of imidazole rings is 1. The van der Waals surface area contributed by atoms with Crippen LogP contribution in [-0.2, 0) is 0 Å². The molecule has 1 aliphatic rings. The maximum absolute atomic E-state index is 11.3. The van der Waals surface area contributed by atoms with Crippen molar-refractivity contribution in [1.82, 2.24) is 9.38 Å². The highest BCUT2D eigenvalue weighted by Gasteiger charge is 2.23. The number of rotatable bonds is 3. The lowest BCUT2D eigenvalue weighted by Crippen LogP contribution is -2.47. The molecule has 1 aliphatic heterocycles. The molecule has 0 saturated carbocycles. The summed E-state index contributed by atoms with van der Waals surface area (Å²) in [5, 5.41) is 9.70. The van der Waals surface area contributed by atoms with Gasteiger partial charge in [-0.25, -0.2) is 4.98 Å². The first-order valence-electron chi connectivity index (χ1n) is 10.3. The Bertz CT molecular complexity index is 1340. The number of primary amides is 1. The molecule has 154 valence electrons. The molecule has 1 amide bonds. The Morgan fingerprint density at radius 3 is 2.39 bits per heavy atom. The third-order valence-corrected chi connectivity index (χ3v) is 5.99. The lowest BCUT2D eigenvalue weighted by atomic mass is 10.1. The van der Waals surface area contributed by atoms with Crippen molar-refractivity contribution in [2.75, 3.05) is 36.0 Å². The fraction of sp³-hybridized carbons (Fsp3) is 0.208. The fourth-order valence-corrected chi connectivity index (χ4v) is 4.33. The highest BCUT2D eigenvalue weighted by Crippen LogP contribution is 2.30. The zero-order chi connectivity index (χ0) is 21.5. The monoisotopic (exact) mass is 410 g/mol. The van der Waals surface area contributed by atoms with E-state index in [0.29, 0.717) is 16.8 Å². The Labute approximate surface area is 179 Å². The van der Waals surface area contributed by atoms with Gasteiger partial charge in [0.2, 0.25) is 5.91 Å². The van der Waals surface area contributed by atoms with E-state index in [0.717, 1.165) is 54.3 Å². The third-order valence-electron chi connectivity index (χ3n) is 5.99. The predicted molar refractivity (Wildman–Crippen MR) is 122 cm³/mol. The van der Waals surface area contributed by atoms with Crippen molar-refractivity contribution >= 4 is 34.1 Å². The van der Waals surface area contributed by atoms with Crippen LogP contribution in [-0.4, -0.2) is 41.5 Å². The first-order valence-corrected chi connectivity index (χ1v) is 10.3. The summed E-state index contributed by atoms with van der Waals surface area (Å²) in [5.41, 5.74) is 11.1. The van der Waals surface area contributed by atoms with E-state index < -0.39 is 5.91 Å². The van der Waals surface area contributed by atoms with Crippen molar-refractivity contribution in [3.63, 3.8) is 0 Å². The van der Waals surface area contributed by atoms with Crippen molar-refractivity contribution in [2.24, 2.45) is 5.73 Å². The third kappa shape index (κ3) is 3.13. The van der Waals surface area contributed by atoms with E-state index in [9.17, 15) is 10.1 Å². The summed E-state index contributed by atoms with van der Waals surface area (Å²) in [5.74, 6) is 0.646. The van der Waals surface area contributed by atoms with Gasteiger partial charge in [-0.3, -0.25) is 9.20 Å². The zero-order valence-corrected chi connectivity index (χ0v) is 17.2. The van der Waals surface area contributed by atoms with E-state index in [2.05, 4.69) is 26.3 Å². The van der Waals surface area contributed by atoms with Crippen molar-refractivity contribution in [1.29, 1.82) is 5.26 Å². The average molecular weight is 410 g/mol. The number of para-hydroxylation sites is 2. The summed E-state index contributed by atoms with van der Waals surface area (Å²) in [4.78, 5) is 20.7. The number of hydrogen-bond acceptors (Lipinski definition) is 5. The van der Waals surface area contributed by atoms with Gasteiger partial charge >= 0.3 is 0 Å². The van der Waals surface area contributed by atoms with E-state index in [4.69, 9.17) is 10.7 Å². The Kier molecular flexibility index (Phi) is 4.48. The van der Waals surface area contributed by atoms with Gasteiger partial charge in [0.15, 0.2) is 5.65 Å². The highest BCUT2D eigenvalue weighted by atomic mass is 16.1. The first kappa shape index (κ1) is 18.9. The number of aromatic nitrogens is 2. The number of amides is 1. The summed E-state index contributed by atoms with van der Waals surface area (Å²) in [6.45, 7) is 5.35. The van der Waals surface area contributed by atoms with Gasteiger partial charge in [0.25, 0.3) is 0 Å². The molecule has 0 atom stereocenters. The molecule has 7 heteroatoms. The Morgan fingerprint density at radius 2 is 1.71 bits per heavy atom. The number of nitrogens with two attached hydrogens (primary N) is 1. The van der Waals surface area contributed by atoms with Gasteiger partial charge in [0.1, 0.15) is 11.9 Å². The second-order valence-corrected chi connectivity index (χ2v) is 7.82. The largest absolute Gasteiger partial charge is 0.368 e. The summed E-state index contributed by atoms with van der Waals surface area (Å²) in [6.07, 6.45) is 0. The van der Waals surface area contributed by atoms with Crippen LogP contribution in [0.1, 0.15) is 21.5 Å². The van der Waals surface area contributed by atoms with Gasteiger partial charge in [-0.2, -0.15) is 5.26 Å². The number of fused-ring (bicyclic) bond motifs is 3. The number of piperazine rings is 1. The SMILES string of the molecule is Cc1cc(N2CCN(c3ccc(C(N)=O)cc3)CC2)n2c(nc3ccccc32)c1C#N. The molecular formula is C24H22N6O. The van der Waals surface area contributed by atoms with Gasteiger partial charge in [0.05, 0.1) is 16.6 Å². The van der Waals surface area contributed by atoms with Gasteiger partial charge in [-0.1, -0.05) is 12.1 Å². The van der Waals surface area contributed by atoms with Gasteiger partial charge in [-0.15, -0.1) is 0 Å². The maximum atomic E-state index is 11.3. The number of benzene rings is 2. The highest BCUT2D eigenvalue weighted by molar-refractivity contribution is 5.93. The molecule has 0 spiro atoms. The van der Waals surface area contributed by atoms with Crippen LogP contribution in [0.3, 0.4) is 0 Å². The van der Waals surface area contributed by atoms with E-state index >= 15 is 0 Å². The fourth-order valence-electron chi connectivity index (χ4n) is 4.33. The summed E-state index contributed by atoms with van der Waals surface area (Å²) in [6, 6.07) is 19.9. The lowest BCUT2D eigenvalue weighted by molar-refractivity contribution is 0.100. The topological polar surface area (TPSA) is 90.7 Å². The molecular weight excluding hydrogens is 388 g/mol. The molecule has 2 aromatic carbocycles. The number of nitrogens with zero attached hydrogens (tertiary/aromatic N) is 5. The molecule has 31 heavy (non-hydrogen) atoms. The molecule has 3 heterocycles. The van der Waals surface area contributed by atoms with E-state index in [1.165, 1.54) is 0 Å². The normalized spacial score (nSPS) is 14.2. The second-order valence-electron chi connectivity index (χ2n) is 7.82. The lowest BCUT2D eigenvalue weighted by Gasteiger charge is -2.37. The molecule has 0 bridgehead atoms. The van der Waals surface area contributed by atoms with E-state index in [1.807, 2.05) is 43.3 Å². The minimum Gasteiger partial charge on any atom is -0.368 e. The number of carbonyl (C=O) groups excluding carboxylic acids is 1. The van der Waals surface area contributed by atoms with Crippen molar-refractivity contribution in [3.8, 4) is 6.07 Å². The van der Waals surface area contributed by atoms with E-state index in [-0.39, 0.29) is 0 Å². The molecule has 0 radical (unpaired) electrons. The van der Waals surface area contributed by atoms with Gasteiger partial charge in [-0.05, 0) is 55.0 Å². The molecule has 2 aromatic heterocycles. The Morgan fingerprint density at radius 1 is 1.03 bits per heavy atom. The van der Waals surface area contributed by atoms with Crippen LogP contribution in [0.25, 0.3) is 16.7 Å². The molecule has 1 saturated heterocycles. The van der Waals surface area contributed by atoms with Crippen molar-refractivity contribution in [3.05, 3.63) is 71.3 Å². The molecule has 1 fully saturated rings. The predicted octanol–water partition coefficient (Wildman–Crippen LogP) is 3.09. The minimum atomic E-state index is -0.413. The van der Waals surface area contributed by atoms with Gasteiger partial charge < -0.3 is 15.5 Å². The van der Waals surface area contributed by atoms with Crippen LogP contribution < -0.4 is 15.5 Å². The van der Waals surface area contributed by atoms with Crippen molar-refractivity contribution < 1.29 is 4.79 Å². The number of pyridine rings is 1. The summed E-state index contributed by atoms with van der Waals surface area (Å²) < 4.78 is 2.11. The Hall–Kier alpha value is -4.05. The van der Waals surface area contributed by atoms with Crippen LogP contribution in [0.4, 0.5) is 11.5 Å². The molecule has 7 nitrogen and oxygen atoms in total. The summed E-state index contributed by atoms with van der Waals surface area (Å²) >= 11 is 0. The summed E-state index contributed by atoms with van der Waals surface area (Å²) in [7, 11) is 0. The number of nitriles is 1. The van der Waals surface area contributed by atoms with Crippen molar-refractivity contribution in [2.45, 2.75) is 6.92 Å². The van der Waals surface area contributed by atoms with E-state index in [1.54, 1.807) is 12.1 Å². The molecule has 0 aliphatic carbocycles. The number of carbonyl (C=O) groups is 1. The van der Waals surface area contributed by atoms with Crippen LogP contribution >= 0.6 is 0 Å². The zero-order valence-electron chi connectivity index (χ0n) is 17.2. The Balaban J connectivity index is 1.48. The van der Waals surface area contributed by atoms with Crippen LogP contribution in [0.2, 0.25) is 0 Å².